The molecule has 0 spiro atoms. The molecule has 0 unspecified atom stereocenters. The first-order valence-corrected chi connectivity index (χ1v) is 10.8. The Hall–Kier alpha value is -2.31. The van der Waals surface area contributed by atoms with E-state index in [1.54, 1.807) is 11.3 Å². The van der Waals surface area contributed by atoms with E-state index in [-0.39, 0.29) is 11.0 Å². The zero-order chi connectivity index (χ0) is 20.1. The van der Waals surface area contributed by atoms with Gasteiger partial charge in [-0.1, -0.05) is 56.7 Å². The van der Waals surface area contributed by atoms with E-state index in [0.717, 1.165) is 16.6 Å². The quantitative estimate of drug-likeness (QED) is 0.497. The van der Waals surface area contributed by atoms with Crippen molar-refractivity contribution in [3.63, 3.8) is 0 Å². The topological polar surface area (TPSA) is 54.0 Å². The van der Waals surface area contributed by atoms with Crippen molar-refractivity contribution in [3.05, 3.63) is 59.2 Å². The van der Waals surface area contributed by atoms with Crippen molar-refractivity contribution in [1.82, 2.24) is 10.3 Å². The lowest BCUT2D eigenvalue weighted by molar-refractivity contribution is 0.0977. The minimum atomic E-state index is -0.226. The molecule has 0 saturated heterocycles. The summed E-state index contributed by atoms with van der Waals surface area (Å²) in [7, 11) is 0. The molecule has 146 valence electrons. The first-order valence-electron chi connectivity index (χ1n) is 9.58. The Morgan fingerprint density at radius 3 is 2.61 bits per heavy atom. The van der Waals surface area contributed by atoms with Crippen LogP contribution >= 0.6 is 23.6 Å². The summed E-state index contributed by atoms with van der Waals surface area (Å²) in [5.74, 6) is 0.206. The summed E-state index contributed by atoms with van der Waals surface area (Å²) in [5, 5.41) is 6.69. The normalized spacial score (nSPS) is 11.0. The minimum Gasteiger partial charge on any atom is -0.308 e. The Labute approximate surface area is 175 Å². The number of thiocarbonyl (C=S) groups is 1. The average molecular weight is 412 g/mol. The van der Waals surface area contributed by atoms with Crippen molar-refractivity contribution in [2.45, 2.75) is 46.0 Å². The van der Waals surface area contributed by atoms with Gasteiger partial charge in [0.25, 0.3) is 5.91 Å². The van der Waals surface area contributed by atoms with E-state index in [1.807, 2.05) is 30.3 Å². The van der Waals surface area contributed by atoms with E-state index in [9.17, 15) is 4.79 Å². The van der Waals surface area contributed by atoms with Crippen LogP contribution in [0.1, 0.15) is 61.0 Å². The molecule has 0 atom stereocenters. The van der Waals surface area contributed by atoms with Crippen LogP contribution in [0.2, 0.25) is 0 Å². The molecule has 0 aliphatic rings. The minimum absolute atomic E-state index is 0.226. The molecule has 2 aromatic carbocycles. The van der Waals surface area contributed by atoms with E-state index in [4.69, 9.17) is 12.2 Å². The molecule has 3 aromatic rings. The summed E-state index contributed by atoms with van der Waals surface area (Å²) >= 11 is 6.83. The van der Waals surface area contributed by atoms with Crippen molar-refractivity contribution < 1.29 is 4.79 Å². The van der Waals surface area contributed by atoms with Crippen molar-refractivity contribution in [3.8, 4) is 0 Å². The zero-order valence-corrected chi connectivity index (χ0v) is 18.0. The molecule has 4 nitrogen and oxygen atoms in total. The van der Waals surface area contributed by atoms with Crippen LogP contribution < -0.4 is 10.6 Å². The number of carbonyl (C=O) groups is 1. The molecule has 3 rings (SSSR count). The highest BCUT2D eigenvalue weighted by Gasteiger charge is 2.11. The first-order chi connectivity index (χ1) is 13.5. The number of fused-ring (bicyclic) bond motifs is 1. The van der Waals surface area contributed by atoms with E-state index >= 15 is 0 Å². The largest absolute Gasteiger partial charge is 0.308 e. The second-order valence-electron chi connectivity index (χ2n) is 7.11. The Bertz CT molecular complexity index is 977. The van der Waals surface area contributed by atoms with Gasteiger partial charge in [0.05, 0.1) is 10.2 Å². The molecular weight excluding hydrogens is 386 g/mol. The molecule has 2 N–H and O–H groups in total. The second-order valence-corrected chi connectivity index (χ2v) is 8.55. The highest BCUT2D eigenvalue weighted by Crippen LogP contribution is 2.27. The predicted octanol–water partition coefficient (Wildman–Crippen LogP) is 5.89. The molecule has 0 saturated carbocycles. The molecule has 28 heavy (non-hydrogen) atoms. The fraction of sp³-hybridized carbons (Fsp3) is 0.318. The summed E-state index contributed by atoms with van der Waals surface area (Å²) in [6, 6.07) is 13.9. The molecular formula is C22H25N3OS2. The predicted molar refractivity (Wildman–Crippen MR) is 122 cm³/mol. The lowest BCUT2D eigenvalue weighted by Crippen LogP contribution is -2.34. The molecule has 1 heterocycles. The highest BCUT2D eigenvalue weighted by molar-refractivity contribution is 7.80. The molecule has 6 heteroatoms. The molecule has 0 aliphatic carbocycles. The average Bonchev–Trinajstić information content (AvgIpc) is 3.07. The maximum absolute atomic E-state index is 12.4. The van der Waals surface area contributed by atoms with Crippen LogP contribution in [0, 0.1) is 0 Å². The van der Waals surface area contributed by atoms with Crippen molar-refractivity contribution in [2.75, 3.05) is 5.32 Å². The number of aryl methyl sites for hydroxylation is 1. The third kappa shape index (κ3) is 5.14. The number of carbonyl (C=O) groups excluding carboxylic acids is 1. The number of rotatable bonds is 6. The van der Waals surface area contributed by atoms with Crippen LogP contribution in [-0.4, -0.2) is 16.0 Å². The van der Waals surface area contributed by atoms with Crippen LogP contribution in [-0.2, 0) is 6.42 Å². The number of unbranched alkanes of at least 4 members (excludes halogenated alkanes) is 1. The van der Waals surface area contributed by atoms with Gasteiger partial charge in [-0.2, -0.15) is 0 Å². The number of amides is 1. The first kappa shape index (κ1) is 20.4. The number of nitrogens with one attached hydrogen (secondary N) is 2. The van der Waals surface area contributed by atoms with Crippen molar-refractivity contribution in [2.24, 2.45) is 0 Å². The fourth-order valence-electron chi connectivity index (χ4n) is 2.88. The van der Waals surface area contributed by atoms with Gasteiger partial charge >= 0.3 is 0 Å². The van der Waals surface area contributed by atoms with Gasteiger partial charge in [-0.15, -0.1) is 0 Å². The standard InChI is InChI=1S/C22H25N3OS2/c1-4-5-6-15-7-12-18-19(13-15)28-22(23-18)25-21(27)24-20(26)17-10-8-16(9-11-17)14(2)3/h7-14H,4-6H2,1-3H3,(H2,23,24,25,26,27). The van der Waals surface area contributed by atoms with Gasteiger partial charge in [-0.3, -0.25) is 10.1 Å². The Balaban J connectivity index is 1.63. The summed E-state index contributed by atoms with van der Waals surface area (Å²) in [5.41, 5.74) is 4.04. The van der Waals surface area contributed by atoms with Gasteiger partial charge in [-0.05, 0) is 66.4 Å². The van der Waals surface area contributed by atoms with Gasteiger partial charge in [0, 0.05) is 5.56 Å². The van der Waals surface area contributed by atoms with E-state index in [2.05, 4.69) is 48.5 Å². The van der Waals surface area contributed by atoms with Crippen LogP contribution in [0.15, 0.2) is 42.5 Å². The summed E-state index contributed by atoms with van der Waals surface area (Å²) in [6.07, 6.45) is 3.45. The van der Waals surface area contributed by atoms with E-state index in [0.29, 0.717) is 16.6 Å². The SMILES string of the molecule is CCCCc1ccc2nc(NC(=S)NC(=O)c3ccc(C(C)C)cc3)sc2c1. The number of anilines is 1. The van der Waals surface area contributed by atoms with E-state index < -0.39 is 0 Å². The molecule has 0 radical (unpaired) electrons. The van der Waals surface area contributed by atoms with Crippen LogP contribution in [0.5, 0.6) is 0 Å². The van der Waals surface area contributed by atoms with Crippen molar-refractivity contribution in [1.29, 1.82) is 0 Å². The van der Waals surface area contributed by atoms with Gasteiger partial charge in [0.2, 0.25) is 0 Å². The lowest BCUT2D eigenvalue weighted by Gasteiger charge is -2.09. The number of benzene rings is 2. The summed E-state index contributed by atoms with van der Waals surface area (Å²) in [6.45, 7) is 6.44. The molecule has 0 bridgehead atoms. The number of hydrogen-bond acceptors (Lipinski definition) is 4. The molecule has 0 aliphatic heterocycles. The number of thiazole rings is 1. The molecule has 0 fully saturated rings. The third-order valence-corrected chi connectivity index (χ3v) is 5.70. The summed E-state index contributed by atoms with van der Waals surface area (Å²) < 4.78 is 1.12. The van der Waals surface area contributed by atoms with Gasteiger partial charge < -0.3 is 5.32 Å². The molecule has 1 aromatic heterocycles. The maximum Gasteiger partial charge on any atom is 0.257 e. The summed E-state index contributed by atoms with van der Waals surface area (Å²) in [4.78, 5) is 16.9. The lowest BCUT2D eigenvalue weighted by atomic mass is 10.0. The smallest absolute Gasteiger partial charge is 0.257 e. The number of aromatic nitrogens is 1. The van der Waals surface area contributed by atoms with E-state index in [1.165, 1.54) is 24.0 Å². The van der Waals surface area contributed by atoms with Crippen LogP contribution in [0.25, 0.3) is 10.2 Å². The third-order valence-electron chi connectivity index (χ3n) is 4.56. The zero-order valence-electron chi connectivity index (χ0n) is 16.4. The Kier molecular flexibility index (Phi) is 6.75. The maximum atomic E-state index is 12.4. The van der Waals surface area contributed by atoms with Gasteiger partial charge in [0.1, 0.15) is 0 Å². The second kappa shape index (κ2) is 9.26. The highest BCUT2D eigenvalue weighted by atomic mass is 32.1. The number of nitrogens with zero attached hydrogens (tertiary/aromatic N) is 1. The molecule has 1 amide bonds. The van der Waals surface area contributed by atoms with Gasteiger partial charge in [0.15, 0.2) is 10.2 Å². The Morgan fingerprint density at radius 1 is 1.18 bits per heavy atom. The Morgan fingerprint density at radius 2 is 1.93 bits per heavy atom. The monoisotopic (exact) mass is 411 g/mol. The van der Waals surface area contributed by atoms with Gasteiger partial charge in [-0.25, -0.2) is 4.98 Å². The van der Waals surface area contributed by atoms with Crippen molar-refractivity contribution >= 4 is 49.9 Å². The van der Waals surface area contributed by atoms with Crippen LogP contribution in [0.4, 0.5) is 5.13 Å². The fourth-order valence-corrected chi connectivity index (χ4v) is 4.07. The number of hydrogen-bond donors (Lipinski definition) is 2. The van der Waals surface area contributed by atoms with Crippen LogP contribution in [0.3, 0.4) is 0 Å².